The van der Waals surface area contributed by atoms with Crippen LogP contribution in [0.1, 0.15) is 24.1 Å². The maximum atomic E-state index is 13.7. The molecular formula is C23H22N2O2S2. The molecule has 1 aliphatic heterocycles. The van der Waals surface area contributed by atoms with Crippen molar-refractivity contribution in [1.82, 2.24) is 4.31 Å². The Morgan fingerprint density at radius 1 is 0.862 bits per heavy atom. The molecule has 1 saturated heterocycles. The molecule has 29 heavy (non-hydrogen) atoms. The van der Waals surface area contributed by atoms with Gasteiger partial charge in [-0.25, -0.2) is 17.7 Å². The molecule has 0 spiro atoms. The summed E-state index contributed by atoms with van der Waals surface area (Å²) in [4.78, 5) is 4.98. The number of thioether (sulfide) groups is 1. The molecule has 4 nitrogen and oxygen atoms in total. The predicted octanol–water partition coefficient (Wildman–Crippen LogP) is 5.55. The van der Waals surface area contributed by atoms with Crippen LogP contribution in [0.3, 0.4) is 0 Å². The largest absolute Gasteiger partial charge is 0.266 e. The summed E-state index contributed by atoms with van der Waals surface area (Å²) in [7, 11) is -3.77. The molecule has 2 atom stereocenters. The van der Waals surface area contributed by atoms with Crippen molar-refractivity contribution in [2.45, 2.75) is 30.0 Å². The fourth-order valence-electron chi connectivity index (χ4n) is 3.41. The first-order chi connectivity index (χ1) is 14.0. The molecule has 1 aliphatic rings. The van der Waals surface area contributed by atoms with Gasteiger partial charge < -0.3 is 0 Å². The van der Waals surface area contributed by atoms with E-state index >= 15 is 0 Å². The molecule has 148 valence electrons. The molecule has 3 aromatic carbocycles. The third kappa shape index (κ3) is 3.95. The van der Waals surface area contributed by atoms with E-state index in [2.05, 4.69) is 0 Å². The van der Waals surface area contributed by atoms with Crippen LogP contribution in [0.2, 0.25) is 0 Å². The number of para-hydroxylation sites is 1. The fourth-order valence-corrected chi connectivity index (χ4v) is 6.59. The van der Waals surface area contributed by atoms with Crippen molar-refractivity contribution in [3.8, 4) is 0 Å². The van der Waals surface area contributed by atoms with E-state index in [0.29, 0.717) is 5.17 Å². The highest BCUT2D eigenvalue weighted by atomic mass is 32.2. The highest BCUT2D eigenvalue weighted by molar-refractivity contribution is 8.15. The van der Waals surface area contributed by atoms with E-state index < -0.39 is 10.0 Å². The third-order valence-corrected chi connectivity index (χ3v) is 7.91. The summed E-state index contributed by atoms with van der Waals surface area (Å²) in [6, 6.07) is 25.9. The van der Waals surface area contributed by atoms with Gasteiger partial charge in [0.1, 0.15) is 0 Å². The number of amidine groups is 1. The second-order valence-electron chi connectivity index (χ2n) is 7.02. The quantitative estimate of drug-likeness (QED) is 0.554. The monoisotopic (exact) mass is 422 g/mol. The predicted molar refractivity (Wildman–Crippen MR) is 120 cm³/mol. The molecular weight excluding hydrogens is 400 g/mol. The lowest BCUT2D eigenvalue weighted by Crippen LogP contribution is -2.35. The van der Waals surface area contributed by atoms with Crippen molar-refractivity contribution >= 4 is 32.6 Å². The lowest BCUT2D eigenvalue weighted by atomic mass is 10.0. The number of sulfonamides is 1. The van der Waals surface area contributed by atoms with E-state index in [9.17, 15) is 8.42 Å². The highest BCUT2D eigenvalue weighted by Gasteiger charge is 2.45. The van der Waals surface area contributed by atoms with Crippen LogP contribution in [0, 0.1) is 6.92 Å². The summed E-state index contributed by atoms with van der Waals surface area (Å²) in [6.07, 6.45) is 0. The van der Waals surface area contributed by atoms with Crippen LogP contribution in [0.15, 0.2) is 94.8 Å². The van der Waals surface area contributed by atoms with Crippen LogP contribution in [0.25, 0.3) is 0 Å². The molecule has 1 fully saturated rings. The average molecular weight is 423 g/mol. The van der Waals surface area contributed by atoms with Gasteiger partial charge in [-0.15, -0.1) is 0 Å². The second-order valence-corrected chi connectivity index (χ2v) is 10.2. The summed E-state index contributed by atoms with van der Waals surface area (Å²) in [5.74, 6) is 0. The third-order valence-electron chi connectivity index (χ3n) is 4.88. The van der Waals surface area contributed by atoms with E-state index in [1.54, 1.807) is 12.1 Å². The van der Waals surface area contributed by atoms with Crippen molar-refractivity contribution in [1.29, 1.82) is 0 Å². The van der Waals surface area contributed by atoms with Gasteiger partial charge in [0.15, 0.2) is 5.17 Å². The van der Waals surface area contributed by atoms with Crippen LogP contribution in [0.5, 0.6) is 0 Å². The van der Waals surface area contributed by atoms with Crippen molar-refractivity contribution in [2.24, 2.45) is 4.99 Å². The van der Waals surface area contributed by atoms with E-state index in [1.165, 1.54) is 16.1 Å². The van der Waals surface area contributed by atoms with Gasteiger partial charge in [0, 0.05) is 5.25 Å². The van der Waals surface area contributed by atoms with E-state index in [0.717, 1.165) is 16.8 Å². The number of aryl methyl sites for hydroxylation is 1. The van der Waals surface area contributed by atoms with Gasteiger partial charge in [0.05, 0.1) is 16.6 Å². The van der Waals surface area contributed by atoms with Crippen molar-refractivity contribution in [3.63, 3.8) is 0 Å². The van der Waals surface area contributed by atoms with Gasteiger partial charge in [-0.3, -0.25) is 0 Å². The Morgan fingerprint density at radius 2 is 1.45 bits per heavy atom. The number of aliphatic imine (C=N–C) groups is 1. The van der Waals surface area contributed by atoms with Crippen LogP contribution in [-0.4, -0.2) is 23.1 Å². The Labute approximate surface area is 176 Å². The first-order valence-corrected chi connectivity index (χ1v) is 11.8. The van der Waals surface area contributed by atoms with Crippen LogP contribution < -0.4 is 0 Å². The van der Waals surface area contributed by atoms with E-state index in [4.69, 9.17) is 4.99 Å². The highest BCUT2D eigenvalue weighted by Crippen LogP contribution is 2.45. The van der Waals surface area contributed by atoms with Crippen molar-refractivity contribution in [3.05, 3.63) is 96.1 Å². The van der Waals surface area contributed by atoms with E-state index in [-0.39, 0.29) is 16.2 Å². The minimum absolute atomic E-state index is 0.0279. The zero-order chi connectivity index (χ0) is 20.4. The molecule has 6 heteroatoms. The summed E-state index contributed by atoms with van der Waals surface area (Å²) in [6.45, 7) is 3.99. The Kier molecular flexibility index (Phi) is 5.48. The summed E-state index contributed by atoms with van der Waals surface area (Å²) < 4.78 is 28.9. The van der Waals surface area contributed by atoms with Crippen LogP contribution in [0.4, 0.5) is 5.69 Å². The minimum Gasteiger partial charge on any atom is -0.235 e. The van der Waals surface area contributed by atoms with Gasteiger partial charge in [0.25, 0.3) is 10.0 Å². The van der Waals surface area contributed by atoms with Gasteiger partial charge >= 0.3 is 0 Å². The molecule has 0 amide bonds. The molecule has 0 unspecified atom stereocenters. The lowest BCUT2D eigenvalue weighted by Gasteiger charge is -2.27. The Morgan fingerprint density at radius 3 is 2.07 bits per heavy atom. The number of benzene rings is 3. The SMILES string of the molecule is Cc1ccc(S(=O)(=O)N2C(=Nc3ccccc3)S[C@H](C)[C@H]2c2ccccc2)cc1. The second kappa shape index (κ2) is 8.05. The first kappa shape index (κ1) is 19.7. The van der Waals surface area contributed by atoms with Gasteiger partial charge in [-0.1, -0.05) is 84.9 Å². The zero-order valence-electron chi connectivity index (χ0n) is 16.3. The Balaban J connectivity index is 1.86. The molecule has 0 saturated carbocycles. The van der Waals surface area contributed by atoms with Gasteiger partial charge in [0.2, 0.25) is 0 Å². The molecule has 0 aromatic heterocycles. The number of nitrogens with zero attached hydrogens (tertiary/aromatic N) is 2. The molecule has 0 radical (unpaired) electrons. The Bertz CT molecular complexity index is 1110. The maximum Gasteiger partial charge on any atom is 0.266 e. The molecule has 1 heterocycles. The molecule has 3 aromatic rings. The molecule has 0 aliphatic carbocycles. The molecule has 4 rings (SSSR count). The zero-order valence-corrected chi connectivity index (χ0v) is 17.9. The molecule has 0 N–H and O–H groups in total. The lowest BCUT2D eigenvalue weighted by molar-refractivity contribution is 0.450. The molecule has 0 bridgehead atoms. The normalized spacial score (nSPS) is 20.9. The standard InChI is InChI=1S/C23H22N2O2S2/c1-17-13-15-21(16-14-17)29(26,27)25-22(19-9-5-3-6-10-19)18(2)28-23(25)24-20-11-7-4-8-12-20/h3-16,18,22H,1-2H3/t18-,22+/m1/s1. The number of hydrogen-bond donors (Lipinski definition) is 0. The first-order valence-electron chi connectivity index (χ1n) is 9.43. The fraction of sp³-hybridized carbons (Fsp3) is 0.174. The topological polar surface area (TPSA) is 49.7 Å². The summed E-state index contributed by atoms with van der Waals surface area (Å²) >= 11 is 1.49. The Hall–Kier alpha value is -2.57. The van der Waals surface area contributed by atoms with Gasteiger partial charge in [-0.2, -0.15) is 0 Å². The minimum atomic E-state index is -3.77. The van der Waals surface area contributed by atoms with Crippen molar-refractivity contribution in [2.75, 3.05) is 0 Å². The maximum absolute atomic E-state index is 13.7. The number of hydrogen-bond acceptors (Lipinski definition) is 4. The smallest absolute Gasteiger partial charge is 0.235 e. The van der Waals surface area contributed by atoms with Crippen LogP contribution >= 0.6 is 11.8 Å². The van der Waals surface area contributed by atoms with E-state index in [1.807, 2.05) is 86.6 Å². The van der Waals surface area contributed by atoms with Gasteiger partial charge in [-0.05, 0) is 36.8 Å². The summed E-state index contributed by atoms with van der Waals surface area (Å²) in [5.41, 5.74) is 2.72. The number of rotatable bonds is 4. The van der Waals surface area contributed by atoms with Crippen LogP contribution in [-0.2, 0) is 10.0 Å². The average Bonchev–Trinajstić information content (AvgIpc) is 3.06. The van der Waals surface area contributed by atoms with Crippen molar-refractivity contribution < 1.29 is 8.42 Å². The summed E-state index contributed by atoms with van der Waals surface area (Å²) in [5, 5.41) is 0.526.